The summed E-state index contributed by atoms with van der Waals surface area (Å²) >= 11 is 1.56. The van der Waals surface area contributed by atoms with E-state index >= 15 is 0 Å². The molecule has 0 unspecified atom stereocenters. The van der Waals surface area contributed by atoms with Crippen LogP contribution in [-0.2, 0) is 39.9 Å². The minimum Gasteiger partial charge on any atom is -0.379 e. The minimum absolute atomic E-state index is 0.000105. The highest BCUT2D eigenvalue weighted by Crippen LogP contribution is 2.34. The Labute approximate surface area is 377 Å². The average molecular weight is 882 g/mol. The first-order valence-corrected chi connectivity index (χ1v) is 24.0. The van der Waals surface area contributed by atoms with Crippen molar-refractivity contribution < 1.29 is 33.4 Å². The van der Waals surface area contributed by atoms with Crippen LogP contribution < -0.4 is 5.73 Å². The fourth-order valence-corrected chi connectivity index (χ4v) is 10.3. The number of ketones is 2. The van der Waals surface area contributed by atoms with Gasteiger partial charge in [-0.1, -0.05) is 91.6 Å². The van der Waals surface area contributed by atoms with Crippen LogP contribution in [0.25, 0.3) is 0 Å². The molecule has 1 aromatic carbocycles. The van der Waals surface area contributed by atoms with E-state index in [1.165, 1.54) is 0 Å². The number of carbonyl (C=O) groups excluding carboxylic acids is 5. The molecule has 0 radical (unpaired) electrons. The van der Waals surface area contributed by atoms with E-state index in [0.29, 0.717) is 45.2 Å². The SMILES string of the molecule is CC[C@H](C)[C@@H]([C@@H](CC(=O)N1CCC[C@H]1[C@H](OC)[C@@H](C)C(=O)C[C@@H](Cc1ccccc1)c1nccs1)OC)N(C)C(=O)[C@@H](CC(=O)[C@H](C(C)C)N(C)C(=O)CCCCCN)C(C)C. The quantitative estimate of drug-likeness (QED) is 0.0853. The number of Topliss-reactive ketones (excluding diaryl/α,β-unsaturated/α-hetero) is 2. The molecule has 12 nitrogen and oxygen atoms in total. The summed E-state index contributed by atoms with van der Waals surface area (Å²) in [6.07, 6.45) is 6.72. The Balaban J connectivity index is 1.78. The summed E-state index contributed by atoms with van der Waals surface area (Å²) in [5, 5.41) is 2.87. The molecule has 2 aromatic rings. The summed E-state index contributed by atoms with van der Waals surface area (Å²) in [7, 11) is 6.65. The van der Waals surface area contributed by atoms with Crippen molar-refractivity contribution in [3.05, 3.63) is 52.5 Å². The maximum absolute atomic E-state index is 14.6. The number of hydrogen-bond acceptors (Lipinski definition) is 10. The van der Waals surface area contributed by atoms with Gasteiger partial charge in [-0.2, -0.15) is 0 Å². The zero-order valence-corrected chi connectivity index (χ0v) is 40.5. The molecule has 3 rings (SSSR count). The summed E-state index contributed by atoms with van der Waals surface area (Å²) in [5.41, 5.74) is 6.78. The van der Waals surface area contributed by atoms with E-state index in [4.69, 9.17) is 15.2 Å². The molecule has 2 heterocycles. The second kappa shape index (κ2) is 26.3. The van der Waals surface area contributed by atoms with Gasteiger partial charge in [0.25, 0.3) is 0 Å². The van der Waals surface area contributed by atoms with Gasteiger partial charge in [-0.05, 0) is 62.0 Å². The van der Waals surface area contributed by atoms with E-state index in [1.807, 2.05) is 63.1 Å². The number of nitrogens with zero attached hydrogens (tertiary/aromatic N) is 4. The van der Waals surface area contributed by atoms with Gasteiger partial charge in [-0.25, -0.2) is 4.98 Å². The summed E-state index contributed by atoms with van der Waals surface area (Å²) in [5.74, 6) is -1.90. The van der Waals surface area contributed by atoms with Crippen LogP contribution in [0.5, 0.6) is 0 Å². The third-order valence-corrected chi connectivity index (χ3v) is 14.3. The lowest BCUT2D eigenvalue weighted by Gasteiger charge is -2.41. The number of aromatic nitrogens is 1. The summed E-state index contributed by atoms with van der Waals surface area (Å²) in [6, 6.07) is 8.75. The van der Waals surface area contributed by atoms with E-state index in [-0.39, 0.29) is 71.8 Å². The lowest BCUT2D eigenvalue weighted by molar-refractivity contribution is -0.149. The molecule has 0 bridgehead atoms. The highest BCUT2D eigenvalue weighted by molar-refractivity contribution is 7.09. The summed E-state index contributed by atoms with van der Waals surface area (Å²) in [4.78, 5) is 80.1. The number of unbranched alkanes of at least 4 members (excludes halogenated alkanes) is 2. The normalized spacial score (nSPS) is 18.2. The number of methoxy groups -OCH3 is 2. The van der Waals surface area contributed by atoms with E-state index in [9.17, 15) is 24.0 Å². The van der Waals surface area contributed by atoms with Gasteiger partial charge in [0.2, 0.25) is 17.7 Å². The molecule has 348 valence electrons. The van der Waals surface area contributed by atoms with Gasteiger partial charge in [-0.15, -0.1) is 11.3 Å². The number of nitrogens with two attached hydrogens (primary N) is 1. The second-order valence-corrected chi connectivity index (χ2v) is 19.3. The van der Waals surface area contributed by atoms with Gasteiger partial charge >= 0.3 is 0 Å². The van der Waals surface area contributed by atoms with Gasteiger partial charge in [0, 0.05) is 83.5 Å². The largest absolute Gasteiger partial charge is 0.379 e. The first-order valence-electron chi connectivity index (χ1n) is 23.1. The minimum atomic E-state index is -0.651. The van der Waals surface area contributed by atoms with Crippen molar-refractivity contribution in [1.82, 2.24) is 19.7 Å². The Morgan fingerprint density at radius 1 is 0.887 bits per heavy atom. The number of benzene rings is 1. The molecule has 3 amide bonds. The number of likely N-dealkylation sites (tertiary alicyclic amines) is 1. The van der Waals surface area contributed by atoms with Crippen molar-refractivity contribution in [2.75, 3.05) is 41.4 Å². The van der Waals surface area contributed by atoms with E-state index in [1.54, 1.807) is 55.6 Å². The van der Waals surface area contributed by atoms with Gasteiger partial charge < -0.3 is 29.9 Å². The fourth-order valence-electron chi connectivity index (χ4n) is 9.52. The lowest BCUT2D eigenvalue weighted by atomic mass is 9.83. The van der Waals surface area contributed by atoms with E-state index in [0.717, 1.165) is 36.3 Å². The predicted molar refractivity (Wildman–Crippen MR) is 248 cm³/mol. The third-order valence-electron chi connectivity index (χ3n) is 13.3. The van der Waals surface area contributed by atoms with Crippen LogP contribution in [0.4, 0.5) is 0 Å². The van der Waals surface area contributed by atoms with Crippen LogP contribution in [0, 0.1) is 29.6 Å². The average Bonchev–Trinajstić information content (AvgIpc) is 3.97. The molecule has 9 atom stereocenters. The van der Waals surface area contributed by atoms with E-state index < -0.39 is 36.1 Å². The number of carbonyl (C=O) groups is 5. The molecule has 1 aliphatic heterocycles. The Bertz CT molecular complexity index is 1670. The molecular formula is C49H79N5O7S. The lowest BCUT2D eigenvalue weighted by Crippen LogP contribution is -2.54. The van der Waals surface area contributed by atoms with Crippen molar-refractivity contribution in [2.45, 2.75) is 155 Å². The molecule has 0 aliphatic carbocycles. The maximum Gasteiger partial charge on any atom is 0.226 e. The number of ether oxygens (including phenoxy) is 2. The molecule has 1 aromatic heterocycles. The van der Waals surface area contributed by atoms with Crippen molar-refractivity contribution in [3.63, 3.8) is 0 Å². The zero-order valence-electron chi connectivity index (χ0n) is 39.7. The van der Waals surface area contributed by atoms with E-state index in [2.05, 4.69) is 31.0 Å². The van der Waals surface area contributed by atoms with Crippen LogP contribution in [0.3, 0.4) is 0 Å². The number of rotatable bonds is 28. The van der Waals surface area contributed by atoms with Crippen molar-refractivity contribution in [1.29, 1.82) is 0 Å². The summed E-state index contributed by atoms with van der Waals surface area (Å²) < 4.78 is 12.2. The third kappa shape index (κ3) is 14.5. The van der Waals surface area contributed by atoms with Crippen LogP contribution in [0.1, 0.15) is 129 Å². The Hall–Kier alpha value is -3.52. The molecule has 62 heavy (non-hydrogen) atoms. The first-order chi connectivity index (χ1) is 29.5. The van der Waals surface area contributed by atoms with Crippen molar-refractivity contribution in [2.24, 2.45) is 35.3 Å². The van der Waals surface area contributed by atoms with Gasteiger partial charge in [0.05, 0.1) is 41.8 Å². The molecule has 0 saturated carbocycles. The molecule has 2 N–H and O–H groups in total. The van der Waals surface area contributed by atoms with Gasteiger partial charge in [0.1, 0.15) is 5.78 Å². The molecule has 1 fully saturated rings. The highest BCUT2D eigenvalue weighted by Gasteiger charge is 2.43. The number of hydrogen-bond donors (Lipinski definition) is 1. The Kier molecular flexibility index (Phi) is 22.4. The van der Waals surface area contributed by atoms with Gasteiger partial charge in [0.15, 0.2) is 5.78 Å². The monoisotopic (exact) mass is 882 g/mol. The number of amides is 3. The number of thiazole rings is 1. The topological polar surface area (TPSA) is 152 Å². The molecule has 1 saturated heterocycles. The second-order valence-electron chi connectivity index (χ2n) is 18.3. The Morgan fingerprint density at radius 2 is 1.58 bits per heavy atom. The Morgan fingerprint density at radius 3 is 2.15 bits per heavy atom. The molecular weight excluding hydrogens is 803 g/mol. The maximum atomic E-state index is 14.6. The molecule has 13 heteroatoms. The molecule has 1 aliphatic rings. The van der Waals surface area contributed by atoms with Crippen molar-refractivity contribution >= 4 is 40.6 Å². The first kappa shape index (κ1) is 52.8. The highest BCUT2D eigenvalue weighted by atomic mass is 32.1. The van der Waals surface area contributed by atoms with Crippen LogP contribution in [-0.4, -0.2) is 121 Å². The number of likely N-dealkylation sites (N-methyl/N-ethyl adjacent to an activating group) is 2. The predicted octanol–water partition coefficient (Wildman–Crippen LogP) is 7.58. The van der Waals surface area contributed by atoms with Crippen LogP contribution >= 0.6 is 11.3 Å². The van der Waals surface area contributed by atoms with Crippen LogP contribution in [0.2, 0.25) is 0 Å². The fraction of sp³-hybridized carbons (Fsp3) is 0.714. The zero-order chi connectivity index (χ0) is 46.1. The van der Waals surface area contributed by atoms with Crippen LogP contribution in [0.15, 0.2) is 41.9 Å². The van der Waals surface area contributed by atoms with Gasteiger partial charge in [-0.3, -0.25) is 24.0 Å². The molecule has 0 spiro atoms. The standard InChI is InChI=1S/C49H79N5O7S/c1-12-34(6)46(53(9)49(59)38(32(2)3)30-41(56)45(33(4)5)52(8)43(57)23-17-14-18-24-50)42(60-10)31-44(58)54-26-19-22-39(54)47(61-11)35(7)40(55)29-37(48-51-25-27-62-48)28-36-20-15-13-16-21-36/h13,15-16,20-21,25,27,32-35,37-39,42,45-47H,12,14,17-19,22-24,26,28-31,50H2,1-11H3/t34-,35-,37+,38-,39-,42+,45-,46-,47+/m0/s1. The van der Waals surface area contributed by atoms with Crippen molar-refractivity contribution in [3.8, 4) is 0 Å². The smallest absolute Gasteiger partial charge is 0.226 e. The summed E-state index contributed by atoms with van der Waals surface area (Å²) in [6.45, 7) is 14.9.